The highest BCUT2D eigenvalue weighted by Crippen LogP contribution is 2.22. The van der Waals surface area contributed by atoms with E-state index in [-0.39, 0.29) is 35.1 Å². The van der Waals surface area contributed by atoms with E-state index in [4.69, 9.17) is 9.52 Å². The third kappa shape index (κ3) is 3.72. The first kappa shape index (κ1) is 17.1. The predicted octanol–water partition coefficient (Wildman–Crippen LogP) is 1.70. The van der Waals surface area contributed by atoms with E-state index in [0.717, 1.165) is 6.26 Å². The quantitative estimate of drug-likeness (QED) is 0.911. The summed E-state index contributed by atoms with van der Waals surface area (Å²) < 4.78 is 5.04. The van der Waals surface area contributed by atoms with Crippen LogP contribution in [0.5, 0.6) is 0 Å². The summed E-state index contributed by atoms with van der Waals surface area (Å²) in [6.07, 6.45) is 2.27. The summed E-state index contributed by atoms with van der Waals surface area (Å²) in [4.78, 5) is 38.8. The lowest BCUT2D eigenvalue weighted by molar-refractivity contribution is -0.137. The largest absolute Gasteiger partial charge is 0.478 e. The van der Waals surface area contributed by atoms with Crippen LogP contribution < -0.4 is 0 Å². The maximum atomic E-state index is 12.3. The van der Waals surface area contributed by atoms with Crippen LogP contribution in [0.25, 0.3) is 0 Å². The normalized spacial score (nSPS) is 15.7. The molecule has 1 aliphatic heterocycles. The molecule has 23 heavy (non-hydrogen) atoms. The minimum absolute atomic E-state index is 0.0199. The highest BCUT2D eigenvalue weighted by atomic mass is 16.4. The van der Waals surface area contributed by atoms with Crippen molar-refractivity contribution in [1.82, 2.24) is 9.80 Å². The number of carboxylic acids is 1. The first-order valence-corrected chi connectivity index (χ1v) is 7.69. The number of aromatic carboxylic acids is 1. The topological polar surface area (TPSA) is 91.1 Å². The monoisotopic (exact) mass is 322 g/mol. The summed E-state index contributed by atoms with van der Waals surface area (Å²) in [5.41, 5.74) is -0.0445. The van der Waals surface area contributed by atoms with Gasteiger partial charge in [-0.3, -0.25) is 9.59 Å². The molecular formula is C16H22N2O5. The summed E-state index contributed by atoms with van der Waals surface area (Å²) in [5.74, 6) is -1.41. The number of hydrogen-bond acceptors (Lipinski definition) is 4. The van der Waals surface area contributed by atoms with Gasteiger partial charge in [-0.1, -0.05) is 0 Å². The van der Waals surface area contributed by atoms with Gasteiger partial charge in [0.2, 0.25) is 5.91 Å². The molecule has 0 saturated carbocycles. The lowest BCUT2D eigenvalue weighted by Gasteiger charge is -2.33. The number of amides is 2. The highest BCUT2D eigenvalue weighted by molar-refractivity contribution is 5.95. The van der Waals surface area contributed by atoms with Crippen molar-refractivity contribution >= 4 is 17.8 Å². The van der Waals surface area contributed by atoms with E-state index in [1.807, 2.05) is 13.8 Å². The summed E-state index contributed by atoms with van der Waals surface area (Å²) >= 11 is 0. The molecule has 2 rings (SSSR count). The van der Waals surface area contributed by atoms with Gasteiger partial charge in [0.15, 0.2) is 5.76 Å². The number of carbonyl (C=O) groups excluding carboxylic acids is 2. The fraction of sp³-hybridized carbons (Fsp3) is 0.562. The van der Waals surface area contributed by atoms with Gasteiger partial charge < -0.3 is 19.3 Å². The molecule has 0 aromatic carbocycles. The van der Waals surface area contributed by atoms with Crippen molar-refractivity contribution in [3.05, 3.63) is 23.7 Å². The predicted molar refractivity (Wildman–Crippen MR) is 82.2 cm³/mol. The first-order valence-electron chi connectivity index (χ1n) is 7.69. The molecule has 7 heteroatoms. The summed E-state index contributed by atoms with van der Waals surface area (Å²) in [7, 11) is 1.79. The van der Waals surface area contributed by atoms with E-state index in [0.29, 0.717) is 25.9 Å². The third-order valence-electron chi connectivity index (χ3n) is 4.31. The lowest BCUT2D eigenvalue weighted by atomic mass is 9.95. The maximum Gasteiger partial charge on any atom is 0.338 e. The Labute approximate surface area is 134 Å². The molecule has 1 N–H and O–H groups in total. The Morgan fingerprint density at radius 3 is 2.39 bits per heavy atom. The Kier molecular flexibility index (Phi) is 5.08. The van der Waals surface area contributed by atoms with E-state index in [2.05, 4.69) is 0 Å². The molecule has 1 aromatic rings. The van der Waals surface area contributed by atoms with Crippen LogP contribution in [0.4, 0.5) is 0 Å². The zero-order chi connectivity index (χ0) is 17.1. The Hall–Kier alpha value is -2.31. The molecule has 0 aliphatic carbocycles. The molecule has 2 amide bonds. The molecule has 0 spiro atoms. The number of carbonyl (C=O) groups is 3. The number of carboxylic acid groups (broad SMARTS) is 1. The lowest BCUT2D eigenvalue weighted by Crippen LogP contribution is -2.45. The smallest absolute Gasteiger partial charge is 0.338 e. The van der Waals surface area contributed by atoms with E-state index >= 15 is 0 Å². The van der Waals surface area contributed by atoms with Crippen molar-refractivity contribution < 1.29 is 23.9 Å². The van der Waals surface area contributed by atoms with Crippen molar-refractivity contribution in [2.24, 2.45) is 5.92 Å². The first-order chi connectivity index (χ1) is 10.8. The van der Waals surface area contributed by atoms with Crippen molar-refractivity contribution in [2.45, 2.75) is 32.7 Å². The van der Waals surface area contributed by atoms with Gasteiger partial charge in [0.25, 0.3) is 5.91 Å². The van der Waals surface area contributed by atoms with Crippen LogP contribution in [0.1, 0.15) is 47.6 Å². The molecule has 7 nitrogen and oxygen atoms in total. The zero-order valence-corrected chi connectivity index (χ0v) is 13.6. The van der Waals surface area contributed by atoms with Crippen molar-refractivity contribution in [1.29, 1.82) is 0 Å². The SMILES string of the molecule is CC(C)N(C)C(=O)C1CCN(C(=O)c2cc(C(=O)O)co2)CC1. The minimum atomic E-state index is -1.13. The molecule has 1 aliphatic rings. The maximum absolute atomic E-state index is 12.3. The average Bonchev–Trinajstić information content (AvgIpc) is 3.03. The number of furan rings is 1. The fourth-order valence-corrected chi connectivity index (χ4v) is 2.59. The Bertz CT molecular complexity index is 599. The van der Waals surface area contributed by atoms with E-state index in [1.165, 1.54) is 6.07 Å². The molecule has 0 radical (unpaired) electrons. The molecule has 0 unspecified atom stereocenters. The second-order valence-corrected chi connectivity index (χ2v) is 6.11. The summed E-state index contributed by atoms with van der Waals surface area (Å²) in [6.45, 7) is 4.86. The number of rotatable bonds is 4. The van der Waals surface area contributed by atoms with Gasteiger partial charge in [0.1, 0.15) is 6.26 Å². The van der Waals surface area contributed by atoms with E-state index in [1.54, 1.807) is 16.8 Å². The zero-order valence-electron chi connectivity index (χ0n) is 13.6. The highest BCUT2D eigenvalue weighted by Gasteiger charge is 2.31. The number of nitrogens with zero attached hydrogens (tertiary/aromatic N) is 2. The molecule has 126 valence electrons. The van der Waals surface area contributed by atoms with E-state index < -0.39 is 5.97 Å². The second kappa shape index (κ2) is 6.85. The van der Waals surface area contributed by atoms with Crippen LogP contribution in [0.3, 0.4) is 0 Å². The van der Waals surface area contributed by atoms with Crippen LogP contribution in [0.2, 0.25) is 0 Å². The van der Waals surface area contributed by atoms with E-state index in [9.17, 15) is 14.4 Å². The van der Waals surface area contributed by atoms with Gasteiger partial charge >= 0.3 is 5.97 Å². The number of likely N-dealkylation sites (tertiary alicyclic amines) is 1. The van der Waals surface area contributed by atoms with Gasteiger partial charge in [-0.05, 0) is 26.7 Å². The van der Waals surface area contributed by atoms with Crippen LogP contribution in [-0.4, -0.2) is 58.9 Å². The third-order valence-corrected chi connectivity index (χ3v) is 4.31. The Morgan fingerprint density at radius 2 is 1.91 bits per heavy atom. The minimum Gasteiger partial charge on any atom is -0.478 e. The Morgan fingerprint density at radius 1 is 1.30 bits per heavy atom. The molecular weight excluding hydrogens is 300 g/mol. The molecule has 0 bridgehead atoms. The summed E-state index contributed by atoms with van der Waals surface area (Å²) in [5, 5.41) is 8.86. The van der Waals surface area contributed by atoms with Gasteiger partial charge in [0, 0.05) is 38.2 Å². The van der Waals surface area contributed by atoms with Gasteiger partial charge in [-0.25, -0.2) is 4.79 Å². The summed E-state index contributed by atoms with van der Waals surface area (Å²) in [6, 6.07) is 1.38. The van der Waals surface area contributed by atoms with Crippen LogP contribution in [-0.2, 0) is 4.79 Å². The molecule has 1 fully saturated rings. The number of piperidine rings is 1. The molecule has 1 aromatic heterocycles. The molecule has 0 atom stereocenters. The van der Waals surface area contributed by atoms with Gasteiger partial charge in [0.05, 0.1) is 5.56 Å². The van der Waals surface area contributed by atoms with Crippen LogP contribution in [0.15, 0.2) is 16.7 Å². The molecule has 1 saturated heterocycles. The molecule has 2 heterocycles. The van der Waals surface area contributed by atoms with Gasteiger partial charge in [-0.2, -0.15) is 0 Å². The fourth-order valence-electron chi connectivity index (χ4n) is 2.59. The Balaban J connectivity index is 1.94. The number of hydrogen-bond donors (Lipinski definition) is 1. The van der Waals surface area contributed by atoms with Crippen LogP contribution in [0, 0.1) is 5.92 Å². The van der Waals surface area contributed by atoms with Gasteiger partial charge in [-0.15, -0.1) is 0 Å². The average molecular weight is 322 g/mol. The van der Waals surface area contributed by atoms with Crippen molar-refractivity contribution in [2.75, 3.05) is 20.1 Å². The standard InChI is InChI=1S/C16H22N2O5/c1-10(2)17(3)14(19)11-4-6-18(7-5-11)15(20)13-8-12(9-23-13)16(21)22/h8-11H,4-7H2,1-3H3,(H,21,22). The van der Waals surface area contributed by atoms with Crippen molar-refractivity contribution in [3.63, 3.8) is 0 Å². The second-order valence-electron chi connectivity index (χ2n) is 6.11. The van der Waals surface area contributed by atoms with Crippen LogP contribution >= 0.6 is 0 Å². The van der Waals surface area contributed by atoms with Crippen molar-refractivity contribution in [3.8, 4) is 0 Å².